The van der Waals surface area contributed by atoms with Crippen LogP contribution in [0.5, 0.6) is 0 Å². The number of nitrogen functional groups attached to an aromatic ring is 1. The van der Waals surface area contributed by atoms with E-state index in [1.54, 1.807) is 60.5 Å². The lowest BCUT2D eigenvalue weighted by Gasteiger charge is -2.48. The summed E-state index contributed by atoms with van der Waals surface area (Å²) in [4.78, 5) is 61.3. The van der Waals surface area contributed by atoms with Crippen molar-refractivity contribution >= 4 is 91.4 Å². The fraction of sp³-hybridized carbons (Fsp3) is 0.346. The van der Waals surface area contributed by atoms with Gasteiger partial charge in [-0.3, -0.25) is 14.5 Å². The standard InChI is InChI=1S/C26H25BrClN7O7S2/c1-26(2,3)41-24(40)20(18-21(27)44-25(29)32-18)42-30-9-14(36)31-22-13(19(23(38)39)35-16(37)8-17(35)43-22)11-34-7-6-33-10-12(28)4-5-15(33)34/h4-7,9-10,17,20,22H,8,11H2,1-3H3,(H3-,29,31,32,36,38,39)/b30-9-/t17-,20?,22?/m0/s1. The third-order valence-electron chi connectivity index (χ3n) is 6.32. The molecule has 18 heteroatoms. The van der Waals surface area contributed by atoms with Crippen LogP contribution in [0.2, 0.25) is 5.02 Å². The van der Waals surface area contributed by atoms with E-state index in [-0.39, 0.29) is 41.0 Å². The molecule has 0 spiro atoms. The molecule has 2 unspecified atom stereocenters. The summed E-state index contributed by atoms with van der Waals surface area (Å²) in [6.07, 6.45) is 4.61. The molecule has 232 valence electrons. The molecule has 0 radical (unpaired) electrons. The van der Waals surface area contributed by atoms with Crippen LogP contribution in [-0.4, -0.2) is 60.6 Å². The third kappa shape index (κ3) is 6.69. The van der Waals surface area contributed by atoms with Gasteiger partial charge in [0, 0.05) is 11.6 Å². The van der Waals surface area contributed by atoms with Gasteiger partial charge in [0.15, 0.2) is 5.13 Å². The lowest BCUT2D eigenvalue weighted by molar-refractivity contribution is -0.663. The van der Waals surface area contributed by atoms with Crippen LogP contribution in [0.25, 0.3) is 5.65 Å². The Morgan fingerprint density at radius 3 is 2.77 bits per heavy atom. The van der Waals surface area contributed by atoms with Crippen molar-refractivity contribution in [3.8, 4) is 0 Å². The molecule has 1 saturated heterocycles. The van der Waals surface area contributed by atoms with Gasteiger partial charge in [0.1, 0.15) is 48.0 Å². The number of hydrogen-bond acceptors (Lipinski definition) is 12. The number of imidazole rings is 1. The van der Waals surface area contributed by atoms with Crippen molar-refractivity contribution in [1.29, 1.82) is 0 Å². The molecule has 14 nitrogen and oxygen atoms in total. The van der Waals surface area contributed by atoms with E-state index in [0.29, 0.717) is 14.5 Å². The van der Waals surface area contributed by atoms with E-state index in [9.17, 15) is 24.3 Å². The molecule has 0 aromatic carbocycles. The maximum absolute atomic E-state index is 13.0. The number of nitrogens with two attached hydrogens (primary N) is 1. The number of aromatic nitrogens is 3. The molecule has 0 aliphatic carbocycles. The Hall–Kier alpha value is -3.67. The predicted molar refractivity (Wildman–Crippen MR) is 162 cm³/mol. The summed E-state index contributed by atoms with van der Waals surface area (Å²) in [5.74, 6) is -3.47. The average Bonchev–Trinajstić information content (AvgIpc) is 3.46. The van der Waals surface area contributed by atoms with Crippen LogP contribution in [0, 0.1) is 0 Å². The quantitative estimate of drug-likeness (QED) is 0.108. The van der Waals surface area contributed by atoms with E-state index in [0.717, 1.165) is 17.6 Å². The molecule has 3 aromatic heterocycles. The van der Waals surface area contributed by atoms with Gasteiger partial charge in [-0.15, -0.1) is 11.8 Å². The Kier molecular flexibility index (Phi) is 8.93. The first-order chi connectivity index (χ1) is 20.7. The molecule has 2 aliphatic rings. The smallest absolute Gasteiger partial charge is 0.357 e. The van der Waals surface area contributed by atoms with Gasteiger partial charge in [-0.2, -0.15) is 0 Å². The number of amides is 2. The van der Waals surface area contributed by atoms with E-state index < -0.39 is 40.3 Å². The highest BCUT2D eigenvalue weighted by atomic mass is 79.9. The van der Waals surface area contributed by atoms with Crippen molar-refractivity contribution in [2.75, 3.05) is 5.73 Å². The number of rotatable bonds is 9. The molecule has 0 bridgehead atoms. The van der Waals surface area contributed by atoms with Crippen molar-refractivity contribution in [1.82, 2.24) is 19.6 Å². The first kappa shape index (κ1) is 31.7. The second kappa shape index (κ2) is 12.4. The number of nitrogens with zero attached hydrogens (tertiary/aromatic N) is 5. The number of thiazole rings is 1. The summed E-state index contributed by atoms with van der Waals surface area (Å²) < 4.78 is 9.34. The van der Waals surface area contributed by atoms with Gasteiger partial charge in [-0.05, 0) is 42.8 Å². The van der Waals surface area contributed by atoms with Crippen molar-refractivity contribution in [3.63, 3.8) is 0 Å². The number of fused-ring (bicyclic) bond motifs is 2. The van der Waals surface area contributed by atoms with Gasteiger partial charge in [0.2, 0.25) is 5.91 Å². The van der Waals surface area contributed by atoms with Crippen LogP contribution < -0.4 is 20.7 Å². The number of carboxylic acids is 1. The zero-order valence-corrected chi connectivity index (χ0v) is 27.3. The van der Waals surface area contributed by atoms with Crippen LogP contribution in [-0.2, 0) is 35.3 Å². The highest BCUT2D eigenvalue weighted by Gasteiger charge is 2.47. The summed E-state index contributed by atoms with van der Waals surface area (Å²) in [6, 6.07) is 3.44. The zero-order chi connectivity index (χ0) is 31.9. The minimum Gasteiger partial charge on any atom is -0.543 e. The summed E-state index contributed by atoms with van der Waals surface area (Å²) >= 11 is 11.7. The molecule has 2 aliphatic heterocycles. The molecule has 3 aromatic rings. The van der Waals surface area contributed by atoms with Gasteiger partial charge in [-0.25, -0.2) is 18.7 Å². The van der Waals surface area contributed by atoms with Crippen LogP contribution >= 0.6 is 50.6 Å². The highest BCUT2D eigenvalue weighted by molar-refractivity contribution is 9.11. The van der Waals surface area contributed by atoms with Crippen molar-refractivity contribution < 1.29 is 38.4 Å². The number of esters is 1. The molecular weight excluding hydrogens is 702 g/mol. The Morgan fingerprint density at radius 2 is 2.14 bits per heavy atom. The molecule has 3 atom stereocenters. The molecule has 5 heterocycles. The SMILES string of the molecule is CC(C)(C)OC(=O)C(O/N=C\C(=O)NC1S[C@H]2CC(=O)N2C(C(=O)[O-])=C1C[n+]1ccn2cc(Cl)ccc21)c1nc(N)sc1Br. The number of ether oxygens (including phenoxy) is 1. The van der Waals surface area contributed by atoms with Crippen LogP contribution in [0.1, 0.15) is 39.0 Å². The molecule has 3 N–H and O–H groups in total. The summed E-state index contributed by atoms with van der Waals surface area (Å²) in [5.41, 5.74) is 5.65. The fourth-order valence-electron chi connectivity index (χ4n) is 4.54. The second-order valence-electron chi connectivity index (χ2n) is 10.6. The second-order valence-corrected chi connectivity index (χ2v) is 14.7. The van der Waals surface area contributed by atoms with E-state index in [1.807, 2.05) is 0 Å². The van der Waals surface area contributed by atoms with E-state index in [4.69, 9.17) is 26.9 Å². The number of halogens is 2. The maximum Gasteiger partial charge on any atom is 0.357 e. The van der Waals surface area contributed by atoms with Crippen LogP contribution in [0.3, 0.4) is 0 Å². The Morgan fingerprint density at radius 1 is 1.39 bits per heavy atom. The zero-order valence-electron chi connectivity index (χ0n) is 23.4. The Balaban J connectivity index is 1.39. The number of pyridine rings is 1. The number of oxime groups is 1. The predicted octanol–water partition coefficient (Wildman–Crippen LogP) is 1.52. The number of nitrogens with one attached hydrogen (secondary N) is 1. The average molecular weight is 727 g/mol. The number of aliphatic carboxylic acids is 1. The van der Waals surface area contributed by atoms with E-state index >= 15 is 0 Å². The lowest BCUT2D eigenvalue weighted by atomic mass is 10.1. The molecule has 1 fully saturated rings. The highest BCUT2D eigenvalue weighted by Crippen LogP contribution is 2.43. The number of β-lactam (4-membered cyclic amide) rings is 1. The first-order valence-electron chi connectivity index (χ1n) is 12.9. The topological polar surface area (TPSA) is 185 Å². The fourth-order valence-corrected chi connectivity index (χ4v) is 7.52. The normalized spacial score (nSPS) is 19.1. The maximum atomic E-state index is 13.0. The number of hydrogen-bond donors (Lipinski definition) is 2. The summed E-state index contributed by atoms with van der Waals surface area (Å²) in [7, 11) is 0. The van der Waals surface area contributed by atoms with Gasteiger partial charge >= 0.3 is 5.97 Å². The molecule has 2 amide bonds. The van der Waals surface area contributed by atoms with Crippen LogP contribution in [0.15, 0.2) is 50.9 Å². The molecular formula is C26H25BrClN7O7S2. The third-order valence-corrected chi connectivity index (χ3v) is 9.49. The monoisotopic (exact) mass is 725 g/mol. The summed E-state index contributed by atoms with van der Waals surface area (Å²) in [5, 5.41) is 18.0. The van der Waals surface area contributed by atoms with E-state index in [2.05, 4.69) is 31.4 Å². The van der Waals surface area contributed by atoms with Crippen molar-refractivity contribution in [2.24, 2.45) is 5.16 Å². The van der Waals surface area contributed by atoms with Gasteiger partial charge in [0.05, 0.1) is 32.3 Å². The van der Waals surface area contributed by atoms with Gasteiger partial charge < -0.3 is 30.5 Å². The number of carbonyl (C=O) groups is 4. The first-order valence-corrected chi connectivity index (χ1v) is 15.9. The number of thioether (sulfide) groups is 1. The summed E-state index contributed by atoms with van der Waals surface area (Å²) in [6.45, 7) is 5.04. The largest absolute Gasteiger partial charge is 0.543 e. The molecule has 44 heavy (non-hydrogen) atoms. The molecule has 5 rings (SSSR count). The molecule has 0 saturated carbocycles. The number of carboxylic acid groups (broad SMARTS) is 1. The number of anilines is 1. The Bertz CT molecular complexity index is 1730. The lowest BCUT2D eigenvalue weighted by Crippen LogP contribution is -2.60. The Labute approximate surface area is 271 Å². The van der Waals surface area contributed by atoms with Gasteiger partial charge in [0.25, 0.3) is 17.7 Å². The minimum atomic E-state index is -1.55. The minimum absolute atomic E-state index is 0.00350. The van der Waals surface area contributed by atoms with E-state index in [1.165, 1.54) is 16.7 Å². The van der Waals surface area contributed by atoms with Crippen LogP contribution in [0.4, 0.5) is 5.13 Å². The van der Waals surface area contributed by atoms with Gasteiger partial charge in [-0.1, -0.05) is 28.1 Å². The number of carbonyl (C=O) groups excluding carboxylic acids is 4. The van der Waals surface area contributed by atoms with Crippen molar-refractivity contribution in [2.45, 2.75) is 56.2 Å². The van der Waals surface area contributed by atoms with Crippen molar-refractivity contribution in [3.05, 3.63) is 56.5 Å².